The second kappa shape index (κ2) is 7.49. The molecule has 1 aliphatic rings. The molecule has 0 aromatic heterocycles. The molecule has 1 saturated carbocycles. The molecule has 0 unspecified atom stereocenters. The summed E-state index contributed by atoms with van der Waals surface area (Å²) in [5, 5.41) is 3.71. The summed E-state index contributed by atoms with van der Waals surface area (Å²) in [6.45, 7) is 15.3. The molecule has 1 aliphatic carbocycles. The maximum Gasteiger partial charge on any atom is 0.314 e. The van der Waals surface area contributed by atoms with Gasteiger partial charge in [-0.05, 0) is 77.5 Å². The van der Waals surface area contributed by atoms with Crippen LogP contribution in [-0.4, -0.2) is 17.6 Å². The highest BCUT2D eigenvalue weighted by Crippen LogP contribution is 2.43. The van der Waals surface area contributed by atoms with Crippen LogP contribution in [0.15, 0.2) is 12.1 Å². The number of hydrogen-bond donors (Lipinski definition) is 1. The number of carbonyl (C=O) groups excluding carboxylic acids is 1. The van der Waals surface area contributed by atoms with Crippen molar-refractivity contribution >= 4 is 5.97 Å². The first-order valence-electron chi connectivity index (χ1n) is 9.62. The fourth-order valence-electron chi connectivity index (χ4n) is 4.28. The summed E-state index contributed by atoms with van der Waals surface area (Å²) in [6.07, 6.45) is 3.86. The third-order valence-corrected chi connectivity index (χ3v) is 5.58. The number of aryl methyl sites for hydroxylation is 3. The van der Waals surface area contributed by atoms with Crippen molar-refractivity contribution in [1.82, 2.24) is 5.32 Å². The van der Waals surface area contributed by atoms with Gasteiger partial charge in [-0.3, -0.25) is 4.79 Å². The molecular formula is C22H35NO2. The highest BCUT2D eigenvalue weighted by Gasteiger charge is 2.49. The summed E-state index contributed by atoms with van der Waals surface area (Å²) in [4.78, 5) is 13.0. The predicted octanol–water partition coefficient (Wildman–Crippen LogP) is 4.99. The standard InChI is InChI=1S/C22H35NO2/c1-8-22(20(24)25-21(5,6)7)11-9-10-19(22)23-14-18-16(3)12-15(2)13-17(18)4/h12-13,19,23H,8-11,14H2,1-7H3/t19-,22+/m0/s1. The smallest absolute Gasteiger partial charge is 0.314 e. The van der Waals surface area contributed by atoms with Crippen molar-refractivity contribution in [3.05, 3.63) is 34.4 Å². The molecule has 3 nitrogen and oxygen atoms in total. The zero-order chi connectivity index (χ0) is 18.8. The summed E-state index contributed by atoms with van der Waals surface area (Å²) < 4.78 is 5.78. The van der Waals surface area contributed by atoms with Crippen LogP contribution in [0.3, 0.4) is 0 Å². The van der Waals surface area contributed by atoms with Crippen LogP contribution in [-0.2, 0) is 16.1 Å². The Kier molecular flexibility index (Phi) is 5.98. The molecule has 1 N–H and O–H groups in total. The van der Waals surface area contributed by atoms with Crippen molar-refractivity contribution in [3.8, 4) is 0 Å². The second-order valence-corrected chi connectivity index (χ2v) is 8.71. The Morgan fingerprint density at radius 1 is 1.24 bits per heavy atom. The first-order valence-corrected chi connectivity index (χ1v) is 9.62. The molecule has 25 heavy (non-hydrogen) atoms. The number of rotatable bonds is 5. The molecule has 0 spiro atoms. The van der Waals surface area contributed by atoms with Crippen LogP contribution in [0.4, 0.5) is 0 Å². The van der Waals surface area contributed by atoms with E-state index < -0.39 is 5.60 Å². The quantitative estimate of drug-likeness (QED) is 0.764. The molecular weight excluding hydrogens is 310 g/mol. The zero-order valence-electron chi connectivity index (χ0n) is 17.1. The van der Waals surface area contributed by atoms with E-state index in [0.717, 1.165) is 32.2 Å². The van der Waals surface area contributed by atoms with Crippen molar-refractivity contribution in [2.24, 2.45) is 5.41 Å². The van der Waals surface area contributed by atoms with Crippen LogP contribution in [0, 0.1) is 26.2 Å². The maximum atomic E-state index is 13.0. The van der Waals surface area contributed by atoms with E-state index in [4.69, 9.17) is 4.74 Å². The van der Waals surface area contributed by atoms with E-state index in [9.17, 15) is 4.79 Å². The Morgan fingerprint density at radius 3 is 2.36 bits per heavy atom. The molecule has 0 heterocycles. The number of ether oxygens (including phenoxy) is 1. The molecule has 3 heteroatoms. The molecule has 1 aromatic carbocycles. The first-order chi connectivity index (χ1) is 11.6. The number of nitrogens with one attached hydrogen (secondary N) is 1. The summed E-state index contributed by atoms with van der Waals surface area (Å²) in [5.41, 5.74) is 4.48. The normalized spacial score (nSPS) is 23.7. The maximum absolute atomic E-state index is 13.0. The van der Waals surface area contributed by atoms with Gasteiger partial charge >= 0.3 is 5.97 Å². The molecule has 0 aliphatic heterocycles. The number of hydrogen-bond acceptors (Lipinski definition) is 3. The van der Waals surface area contributed by atoms with E-state index in [-0.39, 0.29) is 17.4 Å². The minimum atomic E-state index is -0.434. The van der Waals surface area contributed by atoms with E-state index >= 15 is 0 Å². The van der Waals surface area contributed by atoms with Gasteiger partial charge in [-0.2, -0.15) is 0 Å². The van der Waals surface area contributed by atoms with Crippen LogP contribution < -0.4 is 5.32 Å². The molecule has 1 fully saturated rings. The second-order valence-electron chi connectivity index (χ2n) is 8.71. The van der Waals surface area contributed by atoms with Gasteiger partial charge in [0.15, 0.2) is 0 Å². The Hall–Kier alpha value is -1.35. The van der Waals surface area contributed by atoms with Crippen LogP contribution >= 0.6 is 0 Å². The highest BCUT2D eigenvalue weighted by molar-refractivity contribution is 5.78. The van der Waals surface area contributed by atoms with Crippen molar-refractivity contribution in [1.29, 1.82) is 0 Å². The lowest BCUT2D eigenvalue weighted by Gasteiger charge is -2.36. The summed E-state index contributed by atoms with van der Waals surface area (Å²) >= 11 is 0. The van der Waals surface area contributed by atoms with E-state index in [1.54, 1.807) is 0 Å². The predicted molar refractivity (Wildman–Crippen MR) is 104 cm³/mol. The van der Waals surface area contributed by atoms with Crippen LogP contribution in [0.25, 0.3) is 0 Å². The monoisotopic (exact) mass is 345 g/mol. The van der Waals surface area contributed by atoms with E-state index in [0.29, 0.717) is 0 Å². The fraction of sp³-hybridized carbons (Fsp3) is 0.682. The van der Waals surface area contributed by atoms with Crippen molar-refractivity contribution in [2.75, 3.05) is 0 Å². The van der Waals surface area contributed by atoms with Gasteiger partial charge in [-0.1, -0.05) is 31.0 Å². The number of benzene rings is 1. The molecule has 140 valence electrons. The lowest BCUT2D eigenvalue weighted by molar-refractivity contribution is -0.169. The summed E-state index contributed by atoms with van der Waals surface area (Å²) in [7, 11) is 0. The van der Waals surface area contributed by atoms with Gasteiger partial charge in [0, 0.05) is 12.6 Å². The third-order valence-electron chi connectivity index (χ3n) is 5.58. The van der Waals surface area contributed by atoms with Crippen LogP contribution in [0.1, 0.15) is 75.6 Å². The topological polar surface area (TPSA) is 38.3 Å². The molecule has 0 saturated heterocycles. The molecule has 0 amide bonds. The fourth-order valence-corrected chi connectivity index (χ4v) is 4.28. The molecule has 0 radical (unpaired) electrons. The minimum absolute atomic E-state index is 0.0325. The molecule has 2 rings (SSSR count). The average molecular weight is 346 g/mol. The van der Waals surface area contributed by atoms with Gasteiger partial charge in [-0.25, -0.2) is 0 Å². The van der Waals surface area contributed by atoms with Crippen molar-refractivity contribution in [3.63, 3.8) is 0 Å². The Balaban J connectivity index is 2.16. The van der Waals surface area contributed by atoms with Crippen LogP contribution in [0.2, 0.25) is 0 Å². The first kappa shape index (κ1) is 20.0. The Bertz CT molecular complexity index is 606. The van der Waals surface area contributed by atoms with Gasteiger partial charge in [0.1, 0.15) is 5.60 Å². The van der Waals surface area contributed by atoms with Gasteiger partial charge in [0.25, 0.3) is 0 Å². The van der Waals surface area contributed by atoms with E-state index in [1.165, 1.54) is 22.3 Å². The third kappa shape index (κ3) is 4.44. The van der Waals surface area contributed by atoms with Crippen LogP contribution in [0.5, 0.6) is 0 Å². The molecule has 2 atom stereocenters. The zero-order valence-corrected chi connectivity index (χ0v) is 17.1. The Morgan fingerprint density at radius 2 is 1.84 bits per heavy atom. The highest BCUT2D eigenvalue weighted by atomic mass is 16.6. The largest absolute Gasteiger partial charge is 0.459 e. The average Bonchev–Trinajstić information content (AvgIpc) is 2.88. The Labute approximate surface area is 153 Å². The van der Waals surface area contributed by atoms with Gasteiger partial charge in [-0.15, -0.1) is 0 Å². The lowest BCUT2D eigenvalue weighted by Crippen LogP contribution is -2.48. The van der Waals surface area contributed by atoms with Gasteiger partial charge < -0.3 is 10.1 Å². The lowest BCUT2D eigenvalue weighted by atomic mass is 9.79. The number of carbonyl (C=O) groups is 1. The number of esters is 1. The minimum Gasteiger partial charge on any atom is -0.459 e. The van der Waals surface area contributed by atoms with E-state index in [1.807, 2.05) is 20.8 Å². The van der Waals surface area contributed by atoms with E-state index in [2.05, 4.69) is 45.1 Å². The summed E-state index contributed by atoms with van der Waals surface area (Å²) in [6, 6.07) is 4.66. The SMILES string of the molecule is CC[C@@]1(C(=O)OC(C)(C)C)CCC[C@@H]1NCc1c(C)cc(C)cc1C. The van der Waals surface area contributed by atoms with Crippen molar-refractivity contribution < 1.29 is 9.53 Å². The van der Waals surface area contributed by atoms with Gasteiger partial charge in [0.2, 0.25) is 0 Å². The molecule has 0 bridgehead atoms. The summed E-state index contributed by atoms with van der Waals surface area (Å²) in [5.74, 6) is -0.0325. The molecule has 1 aromatic rings. The van der Waals surface area contributed by atoms with Crippen molar-refractivity contribution in [2.45, 2.75) is 92.3 Å². The van der Waals surface area contributed by atoms with Gasteiger partial charge in [0.05, 0.1) is 5.41 Å².